The smallest absolute Gasteiger partial charge is 0.239 e. The zero-order valence-electron chi connectivity index (χ0n) is 11.5. The summed E-state index contributed by atoms with van der Waals surface area (Å²) in [7, 11) is 1.55. The molecule has 0 fully saturated rings. The Bertz CT molecular complexity index is 451. The SMILES string of the molecule is CCC[C@H](N)C(=O)N(C)C(C)c1cc(F)ccc1F. The van der Waals surface area contributed by atoms with Crippen molar-refractivity contribution in [3.63, 3.8) is 0 Å². The second kappa shape index (κ2) is 6.61. The molecule has 1 aromatic rings. The van der Waals surface area contributed by atoms with Crippen LogP contribution in [0.5, 0.6) is 0 Å². The van der Waals surface area contributed by atoms with Crippen LogP contribution in [0.2, 0.25) is 0 Å². The minimum atomic E-state index is -0.603. The van der Waals surface area contributed by atoms with E-state index in [2.05, 4.69) is 0 Å². The summed E-state index contributed by atoms with van der Waals surface area (Å²) in [6, 6.07) is 2.05. The highest BCUT2D eigenvalue weighted by Crippen LogP contribution is 2.23. The summed E-state index contributed by atoms with van der Waals surface area (Å²) in [5.74, 6) is -1.32. The van der Waals surface area contributed by atoms with E-state index in [1.54, 1.807) is 14.0 Å². The van der Waals surface area contributed by atoms with E-state index in [9.17, 15) is 13.6 Å². The zero-order chi connectivity index (χ0) is 14.6. The maximum atomic E-state index is 13.7. The second-order valence-electron chi connectivity index (χ2n) is 4.69. The van der Waals surface area contributed by atoms with Crippen LogP contribution >= 0.6 is 0 Å². The Labute approximate surface area is 112 Å². The molecule has 2 atom stereocenters. The number of carbonyl (C=O) groups is 1. The molecule has 0 aliphatic carbocycles. The molecule has 1 unspecified atom stereocenters. The first-order chi connectivity index (χ1) is 8.88. The highest BCUT2D eigenvalue weighted by Gasteiger charge is 2.24. The lowest BCUT2D eigenvalue weighted by atomic mass is 10.0. The van der Waals surface area contributed by atoms with Crippen LogP contribution in [-0.4, -0.2) is 23.9 Å². The second-order valence-corrected chi connectivity index (χ2v) is 4.69. The van der Waals surface area contributed by atoms with Crippen molar-refractivity contribution in [3.05, 3.63) is 35.4 Å². The van der Waals surface area contributed by atoms with Crippen LogP contribution in [0.1, 0.15) is 38.3 Å². The third-order valence-corrected chi connectivity index (χ3v) is 3.25. The lowest BCUT2D eigenvalue weighted by molar-refractivity contribution is -0.133. The number of nitrogens with two attached hydrogens (primary N) is 1. The lowest BCUT2D eigenvalue weighted by Crippen LogP contribution is -2.42. The minimum absolute atomic E-state index is 0.152. The molecule has 0 saturated carbocycles. The predicted molar refractivity (Wildman–Crippen MR) is 70.4 cm³/mol. The molecule has 0 aromatic heterocycles. The van der Waals surface area contributed by atoms with Gasteiger partial charge in [-0.15, -0.1) is 0 Å². The maximum Gasteiger partial charge on any atom is 0.239 e. The number of hydrogen-bond donors (Lipinski definition) is 1. The third kappa shape index (κ3) is 3.73. The van der Waals surface area contributed by atoms with E-state index in [4.69, 9.17) is 5.73 Å². The molecule has 0 radical (unpaired) electrons. The van der Waals surface area contributed by atoms with Gasteiger partial charge in [0.1, 0.15) is 11.6 Å². The van der Waals surface area contributed by atoms with Gasteiger partial charge in [-0.05, 0) is 31.5 Å². The molecule has 0 heterocycles. The van der Waals surface area contributed by atoms with Crippen LogP contribution in [0.15, 0.2) is 18.2 Å². The Morgan fingerprint density at radius 2 is 2.05 bits per heavy atom. The number of halogens is 2. The topological polar surface area (TPSA) is 46.3 Å². The first-order valence-electron chi connectivity index (χ1n) is 6.35. The van der Waals surface area contributed by atoms with Crippen molar-refractivity contribution in [3.8, 4) is 0 Å². The molecule has 2 N–H and O–H groups in total. The summed E-state index contributed by atoms with van der Waals surface area (Å²) < 4.78 is 26.8. The van der Waals surface area contributed by atoms with Gasteiger partial charge in [-0.1, -0.05) is 13.3 Å². The monoisotopic (exact) mass is 270 g/mol. The van der Waals surface area contributed by atoms with Crippen LogP contribution in [-0.2, 0) is 4.79 Å². The normalized spacial score (nSPS) is 14.0. The Hall–Kier alpha value is -1.49. The lowest BCUT2D eigenvalue weighted by Gasteiger charge is -2.28. The van der Waals surface area contributed by atoms with Crippen LogP contribution in [0, 0.1) is 11.6 Å². The fraction of sp³-hybridized carbons (Fsp3) is 0.500. The fourth-order valence-electron chi connectivity index (χ4n) is 1.93. The van der Waals surface area contributed by atoms with Gasteiger partial charge in [0.2, 0.25) is 5.91 Å². The summed E-state index contributed by atoms with van der Waals surface area (Å²) in [4.78, 5) is 13.4. The van der Waals surface area contributed by atoms with Gasteiger partial charge in [-0.2, -0.15) is 0 Å². The average Bonchev–Trinajstić information content (AvgIpc) is 2.39. The van der Waals surface area contributed by atoms with Gasteiger partial charge in [0.15, 0.2) is 0 Å². The molecule has 19 heavy (non-hydrogen) atoms. The van der Waals surface area contributed by atoms with Gasteiger partial charge in [0.25, 0.3) is 0 Å². The first kappa shape index (κ1) is 15.6. The maximum absolute atomic E-state index is 13.7. The van der Waals surface area contributed by atoms with Crippen molar-refractivity contribution in [1.29, 1.82) is 0 Å². The number of rotatable bonds is 5. The standard InChI is InChI=1S/C14H20F2N2O/c1-4-5-13(17)14(19)18(3)9(2)11-8-10(15)6-7-12(11)16/h6-9,13H,4-5,17H2,1-3H3/t9?,13-/m0/s1. The van der Waals surface area contributed by atoms with E-state index in [1.165, 1.54) is 4.90 Å². The molecule has 0 spiro atoms. The molecule has 1 amide bonds. The molecule has 106 valence electrons. The summed E-state index contributed by atoms with van der Waals surface area (Å²) in [6.07, 6.45) is 1.37. The molecular formula is C14H20F2N2O. The first-order valence-corrected chi connectivity index (χ1v) is 6.35. The van der Waals surface area contributed by atoms with Crippen molar-refractivity contribution < 1.29 is 13.6 Å². The average molecular weight is 270 g/mol. The van der Waals surface area contributed by atoms with Crippen molar-refractivity contribution in [2.75, 3.05) is 7.05 Å². The number of hydrogen-bond acceptors (Lipinski definition) is 2. The van der Waals surface area contributed by atoms with Crippen molar-refractivity contribution in [2.24, 2.45) is 5.73 Å². The van der Waals surface area contributed by atoms with Gasteiger partial charge < -0.3 is 10.6 Å². The minimum Gasteiger partial charge on any atom is -0.338 e. The molecule has 0 bridgehead atoms. The molecule has 0 aliphatic rings. The van der Waals surface area contributed by atoms with E-state index in [1.807, 2.05) is 6.92 Å². The zero-order valence-corrected chi connectivity index (χ0v) is 11.5. The Kier molecular flexibility index (Phi) is 5.42. The number of benzene rings is 1. The van der Waals surface area contributed by atoms with E-state index >= 15 is 0 Å². The summed E-state index contributed by atoms with van der Waals surface area (Å²) in [5.41, 5.74) is 5.91. The summed E-state index contributed by atoms with van der Waals surface area (Å²) >= 11 is 0. The van der Waals surface area contributed by atoms with Gasteiger partial charge in [-0.25, -0.2) is 8.78 Å². The largest absolute Gasteiger partial charge is 0.338 e. The summed E-state index contributed by atoms with van der Waals surface area (Å²) in [5, 5.41) is 0. The number of likely N-dealkylation sites (N-methyl/N-ethyl adjacent to an activating group) is 1. The Morgan fingerprint density at radius 3 is 2.63 bits per heavy atom. The fourth-order valence-corrected chi connectivity index (χ4v) is 1.93. The molecule has 0 saturated heterocycles. The van der Waals surface area contributed by atoms with Crippen molar-refractivity contribution in [2.45, 2.75) is 38.8 Å². The van der Waals surface area contributed by atoms with Crippen LogP contribution in [0.3, 0.4) is 0 Å². The van der Waals surface area contributed by atoms with Crippen molar-refractivity contribution in [1.82, 2.24) is 4.90 Å². The number of amides is 1. The highest BCUT2D eigenvalue weighted by atomic mass is 19.1. The molecule has 0 aliphatic heterocycles. The molecule has 1 rings (SSSR count). The number of carbonyl (C=O) groups excluding carboxylic acids is 1. The van der Waals surface area contributed by atoms with E-state index in [0.717, 1.165) is 24.6 Å². The van der Waals surface area contributed by atoms with Gasteiger partial charge in [0, 0.05) is 12.6 Å². The predicted octanol–water partition coefficient (Wildman–Crippen LogP) is 2.61. The highest BCUT2D eigenvalue weighted by molar-refractivity contribution is 5.81. The Balaban J connectivity index is 2.90. The van der Waals surface area contributed by atoms with Gasteiger partial charge in [-0.3, -0.25) is 4.79 Å². The molecule has 1 aromatic carbocycles. The van der Waals surface area contributed by atoms with Gasteiger partial charge in [0.05, 0.1) is 12.1 Å². The van der Waals surface area contributed by atoms with Crippen LogP contribution in [0.25, 0.3) is 0 Å². The molecular weight excluding hydrogens is 250 g/mol. The summed E-state index contributed by atoms with van der Waals surface area (Å²) in [6.45, 7) is 3.58. The van der Waals surface area contributed by atoms with Crippen LogP contribution in [0.4, 0.5) is 8.78 Å². The molecule has 3 nitrogen and oxygen atoms in total. The number of nitrogens with zero attached hydrogens (tertiary/aromatic N) is 1. The van der Waals surface area contributed by atoms with Crippen LogP contribution < -0.4 is 5.73 Å². The van der Waals surface area contributed by atoms with E-state index < -0.39 is 23.7 Å². The van der Waals surface area contributed by atoms with E-state index in [0.29, 0.717) is 6.42 Å². The third-order valence-electron chi connectivity index (χ3n) is 3.25. The molecule has 5 heteroatoms. The van der Waals surface area contributed by atoms with Gasteiger partial charge >= 0.3 is 0 Å². The van der Waals surface area contributed by atoms with E-state index in [-0.39, 0.29) is 11.5 Å². The Morgan fingerprint density at radius 1 is 1.42 bits per heavy atom. The van der Waals surface area contributed by atoms with Crippen molar-refractivity contribution >= 4 is 5.91 Å². The quantitative estimate of drug-likeness (QED) is 0.894.